The van der Waals surface area contributed by atoms with E-state index in [1.165, 1.54) is 22.6 Å². The lowest BCUT2D eigenvalue weighted by Crippen LogP contribution is -2.27. The molecule has 0 spiro atoms. The number of halogens is 1. The topological polar surface area (TPSA) is 46.6 Å². The van der Waals surface area contributed by atoms with Crippen LogP contribution in [0.4, 0.5) is 9.18 Å². The van der Waals surface area contributed by atoms with E-state index in [-0.39, 0.29) is 23.5 Å². The van der Waals surface area contributed by atoms with Crippen LogP contribution in [-0.4, -0.2) is 16.0 Å². The first kappa shape index (κ1) is 20.9. The van der Waals surface area contributed by atoms with E-state index in [1.807, 2.05) is 55.5 Å². The van der Waals surface area contributed by atoms with E-state index in [4.69, 9.17) is 4.74 Å². The van der Waals surface area contributed by atoms with Crippen LogP contribution in [0.3, 0.4) is 0 Å². The van der Waals surface area contributed by atoms with Crippen LogP contribution in [0, 0.1) is 12.7 Å². The van der Waals surface area contributed by atoms with Gasteiger partial charge in [0.1, 0.15) is 18.2 Å². The second kappa shape index (κ2) is 9.18. The van der Waals surface area contributed by atoms with Crippen LogP contribution in [0.25, 0.3) is 6.08 Å². The van der Waals surface area contributed by atoms with E-state index >= 15 is 0 Å². The van der Waals surface area contributed by atoms with Crippen molar-refractivity contribution in [1.29, 1.82) is 0 Å². The van der Waals surface area contributed by atoms with Crippen LogP contribution in [0.1, 0.15) is 22.3 Å². The van der Waals surface area contributed by atoms with Gasteiger partial charge < -0.3 is 4.74 Å². The number of aryl methyl sites for hydroxylation is 1. The van der Waals surface area contributed by atoms with Crippen molar-refractivity contribution in [3.05, 3.63) is 106 Å². The SMILES string of the molecule is Cc1ccc(COc2ccc(/C=C3/SC(=O)N(Cc4ccc(F)cc4)C3=O)cc2)cc1. The van der Waals surface area contributed by atoms with Gasteiger partial charge in [0.05, 0.1) is 11.4 Å². The van der Waals surface area contributed by atoms with Crippen LogP contribution in [0.5, 0.6) is 5.75 Å². The Morgan fingerprint density at radius 1 is 0.903 bits per heavy atom. The van der Waals surface area contributed by atoms with Crippen molar-refractivity contribution in [1.82, 2.24) is 4.90 Å². The molecule has 1 fully saturated rings. The zero-order valence-corrected chi connectivity index (χ0v) is 17.7. The molecule has 3 aromatic carbocycles. The molecule has 0 aliphatic carbocycles. The molecule has 31 heavy (non-hydrogen) atoms. The number of hydrogen-bond acceptors (Lipinski definition) is 4. The van der Waals surface area contributed by atoms with Crippen molar-refractivity contribution < 1.29 is 18.7 Å². The Labute approximate surface area is 184 Å². The third-order valence-electron chi connectivity index (χ3n) is 4.83. The van der Waals surface area contributed by atoms with Crippen LogP contribution < -0.4 is 4.74 Å². The Balaban J connectivity index is 1.39. The average Bonchev–Trinajstić information content (AvgIpc) is 3.03. The molecule has 6 heteroatoms. The first-order valence-electron chi connectivity index (χ1n) is 9.76. The minimum atomic E-state index is -0.357. The molecule has 156 valence electrons. The standard InChI is InChI=1S/C25H20FNO3S/c1-17-2-4-20(5-3-17)16-30-22-12-8-18(9-13-22)14-23-24(28)27(25(29)31-23)15-19-6-10-21(26)11-7-19/h2-14H,15-16H2,1H3/b23-14+. The number of amides is 2. The molecule has 1 saturated heterocycles. The summed E-state index contributed by atoms with van der Waals surface area (Å²) in [5.74, 6) is 0.0187. The molecule has 3 aromatic rings. The van der Waals surface area contributed by atoms with E-state index in [2.05, 4.69) is 0 Å². The highest BCUT2D eigenvalue weighted by molar-refractivity contribution is 8.18. The molecule has 1 aliphatic heterocycles. The van der Waals surface area contributed by atoms with Crippen molar-refractivity contribution in [3.8, 4) is 5.75 Å². The van der Waals surface area contributed by atoms with Gasteiger partial charge in [-0.25, -0.2) is 4.39 Å². The molecule has 0 unspecified atom stereocenters. The number of benzene rings is 3. The van der Waals surface area contributed by atoms with E-state index < -0.39 is 0 Å². The second-order valence-corrected chi connectivity index (χ2v) is 8.23. The number of carbonyl (C=O) groups excluding carboxylic acids is 2. The summed E-state index contributed by atoms with van der Waals surface area (Å²) in [7, 11) is 0. The maximum absolute atomic E-state index is 13.1. The maximum Gasteiger partial charge on any atom is 0.293 e. The molecule has 0 bridgehead atoms. The lowest BCUT2D eigenvalue weighted by atomic mass is 10.1. The predicted molar refractivity (Wildman–Crippen MR) is 120 cm³/mol. The molecule has 0 N–H and O–H groups in total. The summed E-state index contributed by atoms with van der Waals surface area (Å²) >= 11 is 0.905. The van der Waals surface area contributed by atoms with Crippen LogP contribution in [-0.2, 0) is 17.9 Å². The van der Waals surface area contributed by atoms with Crippen LogP contribution in [0.2, 0.25) is 0 Å². The van der Waals surface area contributed by atoms with Crippen LogP contribution in [0.15, 0.2) is 77.7 Å². The van der Waals surface area contributed by atoms with Crippen LogP contribution >= 0.6 is 11.8 Å². The highest BCUT2D eigenvalue weighted by Gasteiger charge is 2.34. The molecule has 0 saturated carbocycles. The van der Waals surface area contributed by atoms with E-state index in [1.54, 1.807) is 18.2 Å². The number of carbonyl (C=O) groups is 2. The normalized spacial score (nSPS) is 15.0. The third-order valence-corrected chi connectivity index (χ3v) is 5.74. The van der Waals surface area contributed by atoms with Crippen molar-refractivity contribution >= 4 is 29.0 Å². The number of rotatable bonds is 6. The highest BCUT2D eigenvalue weighted by atomic mass is 32.2. The lowest BCUT2D eigenvalue weighted by molar-refractivity contribution is -0.123. The fraction of sp³-hybridized carbons (Fsp3) is 0.120. The quantitative estimate of drug-likeness (QED) is 0.451. The summed E-state index contributed by atoms with van der Waals surface area (Å²) in [5.41, 5.74) is 3.79. The molecular weight excluding hydrogens is 413 g/mol. The zero-order valence-electron chi connectivity index (χ0n) is 16.9. The maximum atomic E-state index is 13.1. The molecule has 0 radical (unpaired) electrons. The summed E-state index contributed by atoms with van der Waals surface area (Å²) in [6, 6.07) is 21.3. The van der Waals surface area contributed by atoms with Gasteiger partial charge in [0.15, 0.2) is 0 Å². The highest BCUT2D eigenvalue weighted by Crippen LogP contribution is 2.33. The first-order valence-corrected chi connectivity index (χ1v) is 10.6. The smallest absolute Gasteiger partial charge is 0.293 e. The molecule has 0 atom stereocenters. The molecule has 4 nitrogen and oxygen atoms in total. The third kappa shape index (κ3) is 5.22. The Morgan fingerprint density at radius 2 is 1.55 bits per heavy atom. The minimum Gasteiger partial charge on any atom is -0.489 e. The number of hydrogen-bond donors (Lipinski definition) is 0. The van der Waals surface area contributed by atoms with E-state index in [0.717, 1.165) is 28.6 Å². The summed E-state index contributed by atoms with van der Waals surface area (Å²) in [6.45, 7) is 2.64. The first-order chi connectivity index (χ1) is 15.0. The Hall–Kier alpha value is -3.38. The number of ether oxygens (including phenoxy) is 1. The van der Waals surface area contributed by atoms with Gasteiger partial charge in [0.25, 0.3) is 11.1 Å². The fourth-order valence-electron chi connectivity index (χ4n) is 3.07. The zero-order chi connectivity index (χ0) is 21.8. The van der Waals surface area contributed by atoms with Gasteiger partial charge in [0.2, 0.25) is 0 Å². The summed E-state index contributed by atoms with van der Waals surface area (Å²) < 4.78 is 18.9. The van der Waals surface area contributed by atoms with Gasteiger partial charge in [-0.2, -0.15) is 0 Å². The van der Waals surface area contributed by atoms with Gasteiger partial charge in [-0.3, -0.25) is 14.5 Å². The monoisotopic (exact) mass is 433 g/mol. The molecule has 1 heterocycles. The molecule has 2 amide bonds. The van der Waals surface area contributed by atoms with Gasteiger partial charge >= 0.3 is 0 Å². The molecular formula is C25H20FNO3S. The van der Waals surface area contributed by atoms with Crippen molar-refractivity contribution in [3.63, 3.8) is 0 Å². The molecule has 4 rings (SSSR count). The largest absolute Gasteiger partial charge is 0.489 e. The molecule has 0 aromatic heterocycles. The summed E-state index contributed by atoms with van der Waals surface area (Å²) in [5, 5.41) is -0.335. The predicted octanol–water partition coefficient (Wildman–Crippen LogP) is 5.95. The Kier molecular flexibility index (Phi) is 6.18. The molecule has 1 aliphatic rings. The fourth-order valence-corrected chi connectivity index (χ4v) is 3.91. The lowest BCUT2D eigenvalue weighted by Gasteiger charge is -2.12. The number of thioether (sulfide) groups is 1. The van der Waals surface area contributed by atoms with Gasteiger partial charge in [-0.05, 0) is 65.7 Å². The summed E-state index contributed by atoms with van der Waals surface area (Å²) in [4.78, 5) is 26.5. The van der Waals surface area contributed by atoms with Crippen molar-refractivity contribution in [2.75, 3.05) is 0 Å². The van der Waals surface area contributed by atoms with Crippen molar-refractivity contribution in [2.45, 2.75) is 20.1 Å². The van der Waals surface area contributed by atoms with Gasteiger partial charge in [-0.15, -0.1) is 0 Å². The van der Waals surface area contributed by atoms with E-state index in [0.29, 0.717) is 17.1 Å². The number of nitrogens with zero attached hydrogens (tertiary/aromatic N) is 1. The van der Waals surface area contributed by atoms with Gasteiger partial charge in [-0.1, -0.05) is 54.1 Å². The second-order valence-electron chi connectivity index (χ2n) is 7.24. The number of imide groups is 1. The van der Waals surface area contributed by atoms with E-state index in [9.17, 15) is 14.0 Å². The summed E-state index contributed by atoms with van der Waals surface area (Å²) in [6.07, 6.45) is 1.69. The minimum absolute atomic E-state index is 0.119. The van der Waals surface area contributed by atoms with Crippen molar-refractivity contribution in [2.24, 2.45) is 0 Å². The average molecular weight is 434 g/mol. The Bertz CT molecular complexity index is 1120. The Morgan fingerprint density at radius 3 is 2.23 bits per heavy atom. The van der Waals surface area contributed by atoms with Gasteiger partial charge in [0, 0.05) is 0 Å².